The molecule has 0 radical (unpaired) electrons. The van der Waals surface area contributed by atoms with Crippen LogP contribution in [0.5, 0.6) is 5.75 Å². The maximum Gasteiger partial charge on any atom is 0.119 e. The molecule has 1 heterocycles. The van der Waals surface area contributed by atoms with Crippen molar-refractivity contribution in [1.29, 1.82) is 0 Å². The van der Waals surface area contributed by atoms with E-state index in [1.54, 1.807) is 7.11 Å². The highest BCUT2D eigenvalue weighted by Gasteiger charge is 2.17. The molecule has 1 unspecified atom stereocenters. The molecular formula is C10H14ClNO2. The summed E-state index contributed by atoms with van der Waals surface area (Å²) in [6.45, 7) is 1.26. The molecule has 1 atom stereocenters. The lowest BCUT2D eigenvalue weighted by atomic mass is 9.99. The molecule has 0 saturated heterocycles. The molecule has 0 amide bonds. The Morgan fingerprint density at radius 1 is 1.50 bits per heavy atom. The maximum absolute atomic E-state index is 5.89. The third-order valence-electron chi connectivity index (χ3n) is 2.31. The maximum atomic E-state index is 5.89. The fraction of sp³-hybridized carbons (Fsp3) is 0.400. The monoisotopic (exact) mass is 215 g/mol. The zero-order valence-corrected chi connectivity index (χ0v) is 8.84. The third kappa shape index (κ3) is 2.00. The van der Waals surface area contributed by atoms with Gasteiger partial charge >= 0.3 is 0 Å². The molecule has 78 valence electrons. The first-order valence-corrected chi connectivity index (χ1v) is 4.31. The fourth-order valence-electron chi connectivity index (χ4n) is 1.56. The number of halogens is 1. The summed E-state index contributed by atoms with van der Waals surface area (Å²) in [6, 6.07) is 5.91. The number of methoxy groups -OCH3 is 1. The van der Waals surface area contributed by atoms with Gasteiger partial charge in [0.15, 0.2) is 0 Å². The van der Waals surface area contributed by atoms with Crippen LogP contribution < -0.4 is 10.5 Å². The van der Waals surface area contributed by atoms with Gasteiger partial charge in [0.1, 0.15) is 5.75 Å². The molecule has 1 aliphatic heterocycles. The minimum absolute atomic E-state index is 0. The standard InChI is InChI=1S/C10H13NO2.ClH/c1-12-8-3-2-7-5-13-6-10(11)9(7)4-8;/h2-4,10H,5-6,11H2,1H3;1H. The van der Waals surface area contributed by atoms with E-state index in [9.17, 15) is 0 Å². The van der Waals surface area contributed by atoms with Crippen LogP contribution in [0.15, 0.2) is 18.2 Å². The van der Waals surface area contributed by atoms with E-state index < -0.39 is 0 Å². The molecule has 1 aromatic carbocycles. The summed E-state index contributed by atoms with van der Waals surface area (Å²) in [6.07, 6.45) is 0. The van der Waals surface area contributed by atoms with Crippen molar-refractivity contribution in [2.75, 3.05) is 13.7 Å². The molecule has 0 spiro atoms. The molecule has 0 fully saturated rings. The summed E-state index contributed by atoms with van der Waals surface area (Å²) >= 11 is 0. The van der Waals surface area contributed by atoms with Gasteiger partial charge in [-0.15, -0.1) is 12.4 Å². The van der Waals surface area contributed by atoms with Crippen molar-refractivity contribution >= 4 is 12.4 Å². The summed E-state index contributed by atoms with van der Waals surface area (Å²) < 4.78 is 10.4. The Morgan fingerprint density at radius 3 is 3.00 bits per heavy atom. The van der Waals surface area contributed by atoms with Gasteiger partial charge in [-0.3, -0.25) is 0 Å². The van der Waals surface area contributed by atoms with Crippen molar-refractivity contribution in [2.24, 2.45) is 5.73 Å². The topological polar surface area (TPSA) is 44.5 Å². The molecule has 0 bridgehead atoms. The second kappa shape index (κ2) is 4.64. The van der Waals surface area contributed by atoms with Gasteiger partial charge in [-0.25, -0.2) is 0 Å². The number of nitrogens with two attached hydrogens (primary N) is 1. The number of ether oxygens (including phenoxy) is 2. The van der Waals surface area contributed by atoms with E-state index in [1.165, 1.54) is 5.56 Å². The Balaban J connectivity index is 0.000000980. The van der Waals surface area contributed by atoms with Crippen LogP contribution in [0.25, 0.3) is 0 Å². The fourth-order valence-corrected chi connectivity index (χ4v) is 1.56. The molecule has 2 rings (SSSR count). The van der Waals surface area contributed by atoms with Gasteiger partial charge in [0.25, 0.3) is 0 Å². The molecule has 14 heavy (non-hydrogen) atoms. The zero-order valence-electron chi connectivity index (χ0n) is 8.03. The van der Waals surface area contributed by atoms with Gasteiger partial charge in [0.05, 0.1) is 26.4 Å². The van der Waals surface area contributed by atoms with Gasteiger partial charge in [-0.2, -0.15) is 0 Å². The van der Waals surface area contributed by atoms with Crippen LogP contribution in [-0.2, 0) is 11.3 Å². The summed E-state index contributed by atoms with van der Waals surface area (Å²) in [5.41, 5.74) is 8.20. The van der Waals surface area contributed by atoms with Crippen LogP contribution in [0.4, 0.5) is 0 Å². The molecule has 3 nitrogen and oxygen atoms in total. The lowest BCUT2D eigenvalue weighted by Crippen LogP contribution is -2.23. The van der Waals surface area contributed by atoms with Crippen molar-refractivity contribution in [3.05, 3.63) is 29.3 Å². The van der Waals surface area contributed by atoms with Gasteiger partial charge in [-0.05, 0) is 23.3 Å². The molecule has 2 N–H and O–H groups in total. The molecule has 0 aliphatic carbocycles. The molecule has 4 heteroatoms. The first-order chi connectivity index (χ1) is 6.31. The van der Waals surface area contributed by atoms with Crippen LogP contribution >= 0.6 is 12.4 Å². The average Bonchev–Trinajstić information content (AvgIpc) is 2.18. The van der Waals surface area contributed by atoms with E-state index in [2.05, 4.69) is 0 Å². The van der Waals surface area contributed by atoms with E-state index in [1.807, 2.05) is 18.2 Å². The van der Waals surface area contributed by atoms with Crippen LogP contribution in [-0.4, -0.2) is 13.7 Å². The van der Waals surface area contributed by atoms with E-state index in [0.29, 0.717) is 13.2 Å². The van der Waals surface area contributed by atoms with Crippen LogP contribution in [0.3, 0.4) is 0 Å². The van der Waals surface area contributed by atoms with Crippen molar-refractivity contribution in [3.63, 3.8) is 0 Å². The van der Waals surface area contributed by atoms with E-state index >= 15 is 0 Å². The second-order valence-electron chi connectivity index (χ2n) is 3.19. The van der Waals surface area contributed by atoms with Gasteiger partial charge < -0.3 is 15.2 Å². The van der Waals surface area contributed by atoms with E-state index in [0.717, 1.165) is 11.3 Å². The number of hydrogen-bond donors (Lipinski definition) is 1. The van der Waals surface area contributed by atoms with Crippen LogP contribution in [0.2, 0.25) is 0 Å². The quantitative estimate of drug-likeness (QED) is 0.775. The van der Waals surface area contributed by atoms with Crippen LogP contribution in [0.1, 0.15) is 17.2 Å². The number of rotatable bonds is 1. The Morgan fingerprint density at radius 2 is 2.29 bits per heavy atom. The highest BCUT2D eigenvalue weighted by Crippen LogP contribution is 2.26. The molecule has 0 aromatic heterocycles. The highest BCUT2D eigenvalue weighted by atomic mass is 35.5. The van der Waals surface area contributed by atoms with Gasteiger partial charge in [0, 0.05) is 0 Å². The number of benzene rings is 1. The summed E-state index contributed by atoms with van der Waals surface area (Å²) in [4.78, 5) is 0. The van der Waals surface area contributed by atoms with Crippen molar-refractivity contribution in [1.82, 2.24) is 0 Å². The third-order valence-corrected chi connectivity index (χ3v) is 2.31. The van der Waals surface area contributed by atoms with Crippen molar-refractivity contribution in [3.8, 4) is 5.75 Å². The second-order valence-corrected chi connectivity index (χ2v) is 3.19. The molecule has 0 saturated carbocycles. The predicted molar refractivity (Wildman–Crippen MR) is 56.8 cm³/mol. The predicted octanol–water partition coefficient (Wildman–Crippen LogP) is 1.65. The van der Waals surface area contributed by atoms with E-state index in [4.69, 9.17) is 15.2 Å². The SMILES string of the molecule is COc1ccc2c(c1)C(N)COC2.Cl. The normalized spacial score (nSPS) is 19.4. The lowest BCUT2D eigenvalue weighted by Gasteiger charge is -2.22. The lowest BCUT2D eigenvalue weighted by molar-refractivity contribution is 0.0922. The van der Waals surface area contributed by atoms with Crippen LogP contribution in [0, 0.1) is 0 Å². The number of hydrogen-bond acceptors (Lipinski definition) is 3. The Bertz CT molecular complexity index is 317. The average molecular weight is 216 g/mol. The summed E-state index contributed by atoms with van der Waals surface area (Å²) in [5, 5.41) is 0. The van der Waals surface area contributed by atoms with Gasteiger partial charge in [0.2, 0.25) is 0 Å². The van der Waals surface area contributed by atoms with E-state index in [-0.39, 0.29) is 18.4 Å². The Kier molecular flexibility index (Phi) is 3.75. The first kappa shape index (κ1) is 11.3. The van der Waals surface area contributed by atoms with Crippen molar-refractivity contribution in [2.45, 2.75) is 12.6 Å². The zero-order chi connectivity index (χ0) is 9.26. The Hall–Kier alpha value is -0.770. The molecule has 1 aliphatic rings. The highest BCUT2D eigenvalue weighted by molar-refractivity contribution is 5.85. The minimum Gasteiger partial charge on any atom is -0.497 e. The van der Waals surface area contributed by atoms with Crippen molar-refractivity contribution < 1.29 is 9.47 Å². The summed E-state index contributed by atoms with van der Waals surface area (Å²) in [7, 11) is 1.66. The van der Waals surface area contributed by atoms with Gasteiger partial charge in [-0.1, -0.05) is 6.07 Å². The summed E-state index contributed by atoms with van der Waals surface area (Å²) in [5.74, 6) is 0.858. The Labute approximate surface area is 89.6 Å². The smallest absolute Gasteiger partial charge is 0.119 e. The minimum atomic E-state index is -0.0150. The molecular weight excluding hydrogens is 202 g/mol. The first-order valence-electron chi connectivity index (χ1n) is 4.31. The largest absolute Gasteiger partial charge is 0.497 e. The molecule has 1 aromatic rings. The number of fused-ring (bicyclic) bond motifs is 1.